The lowest BCUT2D eigenvalue weighted by molar-refractivity contribution is -0.0268. The second-order valence-corrected chi connectivity index (χ2v) is 3.60. The van der Waals surface area contributed by atoms with Crippen LogP contribution in [0.3, 0.4) is 0 Å². The molecule has 0 unspecified atom stereocenters. The molecule has 0 radical (unpaired) electrons. The van der Waals surface area contributed by atoms with Crippen LogP contribution in [0.15, 0.2) is 18.2 Å². The predicted octanol–water partition coefficient (Wildman–Crippen LogP) is 1.41. The molecule has 0 atom stereocenters. The summed E-state index contributed by atoms with van der Waals surface area (Å²) in [6, 6.07) is 5.23. The van der Waals surface area contributed by atoms with Crippen LogP contribution in [-0.2, 0) is 4.86 Å². The number of halogens is 1. The van der Waals surface area contributed by atoms with Crippen LogP contribution in [-0.4, -0.2) is 19.3 Å². The van der Waals surface area contributed by atoms with Crippen LogP contribution in [0.5, 0.6) is 5.75 Å². The van der Waals surface area contributed by atoms with Crippen LogP contribution in [0.4, 0.5) is 4.53 Å². The van der Waals surface area contributed by atoms with Gasteiger partial charge in [0.05, 0.1) is 7.11 Å². The third-order valence-corrected chi connectivity index (χ3v) is 2.27. The predicted molar refractivity (Wildman–Crippen MR) is 56.9 cm³/mol. The lowest BCUT2D eigenvalue weighted by Gasteiger charge is -2.12. The number of ether oxygens (including phenoxy) is 1. The molecule has 5 heteroatoms. The van der Waals surface area contributed by atoms with E-state index in [0.29, 0.717) is 17.1 Å². The Morgan fingerprint density at radius 3 is 2.53 bits per heavy atom. The van der Waals surface area contributed by atoms with Crippen molar-refractivity contribution in [3.05, 3.63) is 23.8 Å². The normalized spacial score (nSPS) is 10.5. The molecule has 0 aliphatic rings. The van der Waals surface area contributed by atoms with Crippen molar-refractivity contribution in [1.29, 1.82) is 0 Å². The lowest BCUT2D eigenvalue weighted by Crippen LogP contribution is -2.32. The Hall–Kier alpha value is -1.07. The summed E-state index contributed by atoms with van der Waals surface area (Å²) in [7, 11) is -0.141. The van der Waals surface area contributed by atoms with Crippen molar-refractivity contribution in [3.8, 4) is 5.75 Å². The fourth-order valence-corrected chi connectivity index (χ4v) is 1.35. The van der Waals surface area contributed by atoms with Gasteiger partial charge in [-0.3, -0.25) is 0 Å². The van der Waals surface area contributed by atoms with Gasteiger partial charge >= 0.3 is 7.12 Å². The maximum atomic E-state index is 11.9. The summed E-state index contributed by atoms with van der Waals surface area (Å²) in [6.07, 6.45) is 0. The third kappa shape index (κ3) is 2.70. The van der Waals surface area contributed by atoms with E-state index in [1.807, 2.05) is 19.9 Å². The van der Waals surface area contributed by atoms with E-state index in [4.69, 9.17) is 4.74 Å². The van der Waals surface area contributed by atoms with E-state index < -0.39 is 7.12 Å². The van der Waals surface area contributed by atoms with Crippen LogP contribution in [0.25, 0.3) is 0 Å². The molecule has 0 heterocycles. The van der Waals surface area contributed by atoms with Crippen LogP contribution >= 0.6 is 0 Å². The second-order valence-electron chi connectivity index (χ2n) is 3.60. The van der Waals surface area contributed by atoms with Crippen molar-refractivity contribution in [3.63, 3.8) is 0 Å². The minimum Gasteiger partial charge on any atom is -0.497 e. The van der Waals surface area contributed by atoms with Gasteiger partial charge in [0.25, 0.3) is 0 Å². The van der Waals surface area contributed by atoms with Crippen LogP contribution in [0.2, 0.25) is 0 Å². The van der Waals surface area contributed by atoms with Crippen LogP contribution < -0.4 is 10.2 Å². The third-order valence-electron chi connectivity index (χ3n) is 2.27. The maximum Gasteiger partial charge on any atom is 0.533 e. The highest BCUT2D eigenvalue weighted by Gasteiger charge is 2.23. The first-order valence-corrected chi connectivity index (χ1v) is 4.73. The second kappa shape index (κ2) is 5.14. The van der Waals surface area contributed by atoms with Crippen LogP contribution in [0, 0.1) is 0 Å². The fraction of sp³-hybridized carbons (Fsp3) is 0.400. The molecule has 1 N–H and O–H groups in total. The molecule has 0 aliphatic heterocycles. The molecule has 82 valence electrons. The van der Waals surface area contributed by atoms with Gasteiger partial charge in [-0.1, -0.05) is 30.5 Å². The maximum absolute atomic E-state index is 11.9. The summed E-state index contributed by atoms with van der Waals surface area (Å²) in [5.74, 6) is 0.700. The molecule has 1 aromatic carbocycles. The number of methoxy groups -OCH3 is 1. The van der Waals surface area contributed by atoms with Crippen molar-refractivity contribution >= 4 is 12.6 Å². The van der Waals surface area contributed by atoms with Gasteiger partial charge in [-0.25, -0.2) is 4.86 Å². The average molecular weight is 212 g/mol. The van der Waals surface area contributed by atoms with E-state index in [1.165, 1.54) is 7.11 Å². The van der Waals surface area contributed by atoms with Crippen molar-refractivity contribution < 1.29 is 19.1 Å². The van der Waals surface area contributed by atoms with E-state index in [1.54, 1.807) is 12.1 Å². The largest absolute Gasteiger partial charge is 0.533 e. The monoisotopic (exact) mass is 212 g/mol. The topological polar surface area (TPSA) is 38.7 Å². The highest BCUT2D eigenvalue weighted by molar-refractivity contribution is 6.60. The van der Waals surface area contributed by atoms with Crippen molar-refractivity contribution in [2.24, 2.45) is 0 Å². The molecule has 1 aromatic rings. The Bertz CT molecular complexity index is 330. The minimum absolute atomic E-state index is 0.293. The van der Waals surface area contributed by atoms with Gasteiger partial charge < -0.3 is 9.76 Å². The average Bonchev–Trinajstić information content (AvgIpc) is 2.27. The minimum atomic E-state index is -1.60. The molecule has 0 amide bonds. The molecule has 0 aromatic heterocycles. The van der Waals surface area contributed by atoms with E-state index in [-0.39, 0.29) is 0 Å². The molecule has 1 rings (SSSR count). The molecule has 3 nitrogen and oxygen atoms in total. The number of rotatable bonds is 4. The van der Waals surface area contributed by atoms with Gasteiger partial charge in [-0.15, -0.1) is 0 Å². The summed E-state index contributed by atoms with van der Waals surface area (Å²) < 4.78 is 16.9. The summed E-state index contributed by atoms with van der Waals surface area (Å²) in [5, 5.41) is 9.27. The molecule has 0 spiro atoms. The molecule has 0 saturated carbocycles. The van der Waals surface area contributed by atoms with Gasteiger partial charge in [0.2, 0.25) is 0 Å². The Labute approximate surface area is 88.9 Å². The first kappa shape index (κ1) is 12.0. The molecule has 15 heavy (non-hydrogen) atoms. The number of hydrogen-bond donors (Lipinski definition) is 1. The Morgan fingerprint density at radius 1 is 1.40 bits per heavy atom. The highest BCUT2D eigenvalue weighted by Crippen LogP contribution is 2.17. The fourth-order valence-electron chi connectivity index (χ4n) is 1.35. The first-order chi connectivity index (χ1) is 7.10. The van der Waals surface area contributed by atoms with Gasteiger partial charge in [-0.05, 0) is 17.5 Å². The highest BCUT2D eigenvalue weighted by atomic mass is 19.3. The molecule has 0 aliphatic carbocycles. The molecular formula is C10H14BFO3. The number of hydrogen-bond acceptors (Lipinski definition) is 3. The quantitative estimate of drug-likeness (QED) is 0.766. The van der Waals surface area contributed by atoms with Gasteiger partial charge in [0, 0.05) is 5.46 Å². The first-order valence-electron chi connectivity index (χ1n) is 4.73. The van der Waals surface area contributed by atoms with E-state index in [2.05, 4.69) is 4.86 Å². The Balaban J connectivity index is 3.13. The molecular weight excluding hydrogens is 198 g/mol. The van der Waals surface area contributed by atoms with E-state index in [0.717, 1.165) is 5.56 Å². The van der Waals surface area contributed by atoms with Gasteiger partial charge in [0.1, 0.15) is 5.75 Å². The van der Waals surface area contributed by atoms with Crippen LogP contribution in [0.1, 0.15) is 25.3 Å². The summed E-state index contributed by atoms with van der Waals surface area (Å²) in [4.78, 5) is 3.39. The van der Waals surface area contributed by atoms with Gasteiger partial charge in [0.15, 0.2) is 0 Å². The molecule has 0 saturated heterocycles. The summed E-state index contributed by atoms with van der Waals surface area (Å²) in [5.41, 5.74) is 1.29. The molecule has 0 fully saturated rings. The standard InChI is InChI=1S/C10H14BFO3/c1-7(2)8-4-5-10(14-3)9(6-8)11(13)15-12/h4-7,13H,1-3H3. The van der Waals surface area contributed by atoms with Crippen molar-refractivity contribution in [2.75, 3.05) is 7.11 Å². The van der Waals surface area contributed by atoms with Gasteiger partial charge in [-0.2, -0.15) is 0 Å². The Kier molecular flexibility index (Phi) is 4.11. The Morgan fingerprint density at radius 2 is 2.07 bits per heavy atom. The lowest BCUT2D eigenvalue weighted by atomic mass is 9.77. The van der Waals surface area contributed by atoms with E-state index >= 15 is 0 Å². The zero-order valence-corrected chi connectivity index (χ0v) is 9.03. The van der Waals surface area contributed by atoms with Crippen molar-refractivity contribution in [2.45, 2.75) is 19.8 Å². The van der Waals surface area contributed by atoms with E-state index in [9.17, 15) is 9.55 Å². The van der Waals surface area contributed by atoms with Crippen molar-refractivity contribution in [1.82, 2.24) is 0 Å². The zero-order chi connectivity index (χ0) is 11.4. The SMILES string of the molecule is COc1ccc(C(C)C)cc1B(O)OF. The number of benzene rings is 1. The smallest absolute Gasteiger partial charge is 0.497 e. The molecule has 0 bridgehead atoms. The summed E-state index contributed by atoms with van der Waals surface area (Å²) >= 11 is 0. The zero-order valence-electron chi connectivity index (χ0n) is 9.03. The summed E-state index contributed by atoms with van der Waals surface area (Å²) in [6.45, 7) is 4.02.